The molecule has 2 rings (SSSR count). The van der Waals surface area contributed by atoms with Crippen LogP contribution in [0, 0.1) is 6.92 Å². The number of fused-ring (bicyclic) bond motifs is 1. The summed E-state index contributed by atoms with van der Waals surface area (Å²) in [5.41, 5.74) is 2.40. The molecule has 1 atom stereocenters. The molecular formula is C15H18O3. The number of rotatable bonds is 3. The Morgan fingerprint density at radius 3 is 2.83 bits per heavy atom. The molecule has 0 fully saturated rings. The van der Waals surface area contributed by atoms with Gasteiger partial charge in [0.05, 0.1) is 13.0 Å². The first-order valence-corrected chi connectivity index (χ1v) is 6.26. The Morgan fingerprint density at radius 2 is 2.17 bits per heavy atom. The molecule has 0 heterocycles. The van der Waals surface area contributed by atoms with Gasteiger partial charge in [0.15, 0.2) is 5.78 Å². The summed E-state index contributed by atoms with van der Waals surface area (Å²) in [6.45, 7) is 6.10. The Hall–Kier alpha value is -1.64. The van der Waals surface area contributed by atoms with Crippen molar-refractivity contribution in [1.82, 2.24) is 0 Å². The number of aryl methyl sites for hydroxylation is 1. The SMILES string of the molecule is CCOC(=O)CC1(C)CC(=O)c2cc(C)ccc21. The van der Waals surface area contributed by atoms with Gasteiger partial charge in [-0.1, -0.05) is 24.6 Å². The van der Waals surface area contributed by atoms with Gasteiger partial charge in [-0.2, -0.15) is 0 Å². The van der Waals surface area contributed by atoms with Crippen molar-refractivity contribution >= 4 is 11.8 Å². The van der Waals surface area contributed by atoms with E-state index in [9.17, 15) is 9.59 Å². The molecule has 0 amide bonds. The number of esters is 1. The van der Waals surface area contributed by atoms with Crippen LogP contribution >= 0.6 is 0 Å². The van der Waals surface area contributed by atoms with Crippen molar-refractivity contribution < 1.29 is 14.3 Å². The lowest BCUT2D eigenvalue weighted by atomic mass is 9.81. The lowest BCUT2D eigenvalue weighted by molar-refractivity contribution is -0.144. The van der Waals surface area contributed by atoms with Crippen LogP contribution in [0.25, 0.3) is 0 Å². The number of ether oxygens (including phenoxy) is 1. The van der Waals surface area contributed by atoms with Crippen molar-refractivity contribution in [3.8, 4) is 0 Å². The minimum Gasteiger partial charge on any atom is -0.466 e. The van der Waals surface area contributed by atoms with Crippen LogP contribution in [0.5, 0.6) is 0 Å². The van der Waals surface area contributed by atoms with E-state index in [1.807, 2.05) is 32.0 Å². The van der Waals surface area contributed by atoms with Crippen LogP contribution in [-0.2, 0) is 14.9 Å². The molecule has 1 aromatic rings. The summed E-state index contributed by atoms with van der Waals surface area (Å²) in [4.78, 5) is 23.7. The third-order valence-corrected chi connectivity index (χ3v) is 3.52. The zero-order chi connectivity index (χ0) is 13.3. The molecular weight excluding hydrogens is 228 g/mol. The van der Waals surface area contributed by atoms with E-state index in [0.717, 1.165) is 16.7 Å². The second kappa shape index (κ2) is 4.56. The van der Waals surface area contributed by atoms with E-state index in [1.54, 1.807) is 6.92 Å². The third kappa shape index (κ3) is 2.17. The fraction of sp³-hybridized carbons (Fsp3) is 0.467. The minimum atomic E-state index is -0.410. The number of carbonyl (C=O) groups is 2. The predicted octanol–water partition coefficient (Wildman–Crippen LogP) is 2.79. The first-order chi connectivity index (χ1) is 8.46. The molecule has 0 radical (unpaired) electrons. The average Bonchev–Trinajstić information content (AvgIpc) is 2.50. The quantitative estimate of drug-likeness (QED) is 0.770. The van der Waals surface area contributed by atoms with E-state index in [0.29, 0.717) is 13.0 Å². The summed E-state index contributed by atoms with van der Waals surface area (Å²) in [5, 5.41) is 0. The second-order valence-corrected chi connectivity index (χ2v) is 5.19. The van der Waals surface area contributed by atoms with Crippen LogP contribution in [0.2, 0.25) is 0 Å². The Kier molecular flexibility index (Phi) is 3.24. The van der Waals surface area contributed by atoms with Gasteiger partial charge in [0.2, 0.25) is 0 Å². The van der Waals surface area contributed by atoms with Gasteiger partial charge in [-0.15, -0.1) is 0 Å². The highest BCUT2D eigenvalue weighted by Gasteiger charge is 2.41. The molecule has 0 saturated carbocycles. The molecule has 3 heteroatoms. The van der Waals surface area contributed by atoms with Gasteiger partial charge in [0.25, 0.3) is 0 Å². The highest BCUT2D eigenvalue weighted by molar-refractivity contribution is 6.02. The lowest BCUT2D eigenvalue weighted by Gasteiger charge is -2.23. The summed E-state index contributed by atoms with van der Waals surface area (Å²) in [6, 6.07) is 5.86. The highest BCUT2D eigenvalue weighted by Crippen LogP contribution is 2.41. The molecule has 18 heavy (non-hydrogen) atoms. The van der Waals surface area contributed by atoms with Gasteiger partial charge in [-0.25, -0.2) is 0 Å². The van der Waals surface area contributed by atoms with Crippen molar-refractivity contribution in [2.45, 2.75) is 39.0 Å². The van der Waals surface area contributed by atoms with E-state index in [2.05, 4.69) is 0 Å². The minimum absolute atomic E-state index is 0.125. The van der Waals surface area contributed by atoms with Gasteiger partial charge in [0.1, 0.15) is 0 Å². The standard InChI is InChI=1S/C15H18O3/c1-4-18-14(17)9-15(3)8-13(16)11-7-10(2)5-6-12(11)15/h5-7H,4,8-9H2,1-3H3. The van der Waals surface area contributed by atoms with Crippen LogP contribution < -0.4 is 0 Å². The van der Waals surface area contributed by atoms with Crippen LogP contribution in [0.1, 0.15) is 48.2 Å². The Balaban J connectivity index is 2.33. The van der Waals surface area contributed by atoms with Crippen LogP contribution in [0.3, 0.4) is 0 Å². The van der Waals surface area contributed by atoms with Crippen LogP contribution in [0.4, 0.5) is 0 Å². The molecule has 0 aliphatic heterocycles. The molecule has 1 aliphatic rings. The van der Waals surface area contributed by atoms with E-state index >= 15 is 0 Å². The Bertz CT molecular complexity index is 504. The van der Waals surface area contributed by atoms with E-state index < -0.39 is 5.41 Å². The normalized spacial score (nSPS) is 21.8. The largest absolute Gasteiger partial charge is 0.466 e. The molecule has 1 aliphatic carbocycles. The van der Waals surface area contributed by atoms with Gasteiger partial charge >= 0.3 is 5.97 Å². The molecule has 0 N–H and O–H groups in total. The topological polar surface area (TPSA) is 43.4 Å². The van der Waals surface area contributed by atoms with E-state index in [-0.39, 0.29) is 18.2 Å². The van der Waals surface area contributed by atoms with Crippen molar-refractivity contribution in [3.05, 3.63) is 34.9 Å². The van der Waals surface area contributed by atoms with Crippen molar-refractivity contribution in [1.29, 1.82) is 0 Å². The fourth-order valence-electron chi connectivity index (χ4n) is 2.65. The van der Waals surface area contributed by atoms with Gasteiger partial charge in [-0.05, 0) is 25.5 Å². The molecule has 0 aromatic heterocycles. The van der Waals surface area contributed by atoms with Crippen LogP contribution in [-0.4, -0.2) is 18.4 Å². The Labute approximate surface area is 107 Å². The van der Waals surface area contributed by atoms with E-state index in [4.69, 9.17) is 4.74 Å². The Morgan fingerprint density at radius 1 is 1.44 bits per heavy atom. The molecule has 0 bridgehead atoms. The summed E-state index contributed by atoms with van der Waals surface area (Å²) >= 11 is 0. The van der Waals surface area contributed by atoms with Crippen molar-refractivity contribution in [2.24, 2.45) is 0 Å². The zero-order valence-electron chi connectivity index (χ0n) is 11.1. The summed E-state index contributed by atoms with van der Waals surface area (Å²) in [7, 11) is 0. The smallest absolute Gasteiger partial charge is 0.306 e. The molecule has 0 spiro atoms. The van der Waals surface area contributed by atoms with Gasteiger partial charge in [0, 0.05) is 17.4 Å². The number of benzene rings is 1. The number of hydrogen-bond acceptors (Lipinski definition) is 3. The highest BCUT2D eigenvalue weighted by atomic mass is 16.5. The molecule has 0 saturated heterocycles. The fourth-order valence-corrected chi connectivity index (χ4v) is 2.65. The van der Waals surface area contributed by atoms with Crippen molar-refractivity contribution in [3.63, 3.8) is 0 Å². The first-order valence-electron chi connectivity index (χ1n) is 6.26. The summed E-state index contributed by atoms with van der Waals surface area (Å²) in [6.07, 6.45) is 0.660. The lowest BCUT2D eigenvalue weighted by Crippen LogP contribution is -2.24. The number of carbonyl (C=O) groups excluding carboxylic acids is 2. The third-order valence-electron chi connectivity index (χ3n) is 3.52. The molecule has 1 aromatic carbocycles. The average molecular weight is 246 g/mol. The number of ketones is 1. The molecule has 96 valence electrons. The zero-order valence-corrected chi connectivity index (χ0v) is 11.1. The van der Waals surface area contributed by atoms with Crippen molar-refractivity contribution in [2.75, 3.05) is 6.61 Å². The maximum absolute atomic E-state index is 12.0. The second-order valence-electron chi connectivity index (χ2n) is 5.19. The maximum Gasteiger partial charge on any atom is 0.306 e. The summed E-state index contributed by atoms with van der Waals surface area (Å²) < 4.78 is 4.99. The first kappa shape index (κ1) is 12.8. The number of Topliss-reactive ketones (excluding diaryl/α,β-unsaturated/α-hetero) is 1. The number of hydrogen-bond donors (Lipinski definition) is 0. The van der Waals surface area contributed by atoms with Crippen LogP contribution in [0.15, 0.2) is 18.2 Å². The predicted molar refractivity (Wildman–Crippen MR) is 68.7 cm³/mol. The summed E-state index contributed by atoms with van der Waals surface area (Å²) in [5.74, 6) is -0.110. The van der Waals surface area contributed by atoms with Gasteiger partial charge < -0.3 is 4.74 Å². The van der Waals surface area contributed by atoms with Gasteiger partial charge in [-0.3, -0.25) is 9.59 Å². The molecule has 3 nitrogen and oxygen atoms in total. The maximum atomic E-state index is 12.0. The molecule has 1 unspecified atom stereocenters. The van der Waals surface area contributed by atoms with E-state index in [1.165, 1.54) is 0 Å². The monoisotopic (exact) mass is 246 g/mol.